The summed E-state index contributed by atoms with van der Waals surface area (Å²) in [6, 6.07) is 8.00. The summed E-state index contributed by atoms with van der Waals surface area (Å²) >= 11 is 1.65. The summed E-state index contributed by atoms with van der Waals surface area (Å²) in [5.41, 5.74) is 0.721. The molecule has 1 heterocycles. The van der Waals surface area contributed by atoms with Crippen molar-refractivity contribution in [2.24, 2.45) is 0 Å². The average Bonchev–Trinajstić information content (AvgIpc) is 3.24. The molecule has 1 aromatic carbocycles. The highest BCUT2D eigenvalue weighted by molar-refractivity contribution is 7.11. The lowest BCUT2D eigenvalue weighted by atomic mass is 9.77. The van der Waals surface area contributed by atoms with Crippen molar-refractivity contribution in [2.75, 3.05) is 14.2 Å². The number of hydrogen-bond donors (Lipinski definition) is 0. The van der Waals surface area contributed by atoms with Crippen LogP contribution in [0.25, 0.3) is 0 Å². The molecular weight excluding hydrogens is 320 g/mol. The number of ether oxygens (including phenoxy) is 1. The number of thiazole rings is 1. The van der Waals surface area contributed by atoms with Crippen LogP contribution in [0.5, 0.6) is 5.75 Å². The maximum Gasteiger partial charge on any atom is 0.233 e. The molecule has 0 radical (unpaired) electrons. The van der Waals surface area contributed by atoms with E-state index < -0.39 is 0 Å². The Morgan fingerprint density at radius 3 is 2.50 bits per heavy atom. The number of aryl methyl sites for hydroxylation is 1. The van der Waals surface area contributed by atoms with Gasteiger partial charge in [-0.1, -0.05) is 25.0 Å². The third-order valence-electron chi connectivity index (χ3n) is 4.92. The second-order valence-corrected chi connectivity index (χ2v) is 7.84. The van der Waals surface area contributed by atoms with Crippen LogP contribution >= 0.6 is 11.3 Å². The Morgan fingerprint density at radius 2 is 1.96 bits per heavy atom. The molecule has 1 saturated carbocycles. The molecular formula is C19H24N2O2S. The minimum Gasteiger partial charge on any atom is -0.497 e. The molecule has 0 aliphatic heterocycles. The van der Waals surface area contributed by atoms with Crippen LogP contribution in [-0.2, 0) is 16.8 Å². The molecule has 24 heavy (non-hydrogen) atoms. The van der Waals surface area contributed by atoms with E-state index in [1.165, 1.54) is 0 Å². The van der Waals surface area contributed by atoms with Gasteiger partial charge in [0, 0.05) is 18.1 Å². The lowest BCUT2D eigenvalue weighted by Crippen LogP contribution is -2.43. The van der Waals surface area contributed by atoms with Crippen molar-refractivity contribution in [3.8, 4) is 5.75 Å². The standard InChI is InChI=1S/C19H24N2O2S/c1-14-20-12-17(24-14)13-21(2)18(22)19(10-4-5-11-19)15-6-8-16(23-3)9-7-15/h6-9,12H,4-5,10-11,13H2,1-3H3. The Morgan fingerprint density at radius 1 is 1.29 bits per heavy atom. The second-order valence-electron chi connectivity index (χ2n) is 6.52. The van der Waals surface area contributed by atoms with E-state index in [-0.39, 0.29) is 11.3 Å². The molecule has 0 spiro atoms. The molecule has 128 valence electrons. The number of amides is 1. The van der Waals surface area contributed by atoms with E-state index in [1.54, 1.807) is 18.4 Å². The number of hydrogen-bond acceptors (Lipinski definition) is 4. The van der Waals surface area contributed by atoms with E-state index in [1.807, 2.05) is 49.3 Å². The van der Waals surface area contributed by atoms with E-state index in [0.717, 1.165) is 46.9 Å². The fourth-order valence-corrected chi connectivity index (χ4v) is 4.51. The van der Waals surface area contributed by atoms with Crippen molar-refractivity contribution >= 4 is 17.2 Å². The zero-order valence-corrected chi connectivity index (χ0v) is 15.4. The van der Waals surface area contributed by atoms with Crippen LogP contribution in [0.3, 0.4) is 0 Å². The van der Waals surface area contributed by atoms with Gasteiger partial charge in [0.2, 0.25) is 5.91 Å². The van der Waals surface area contributed by atoms with Gasteiger partial charge in [-0.3, -0.25) is 4.79 Å². The first-order chi connectivity index (χ1) is 11.5. The van der Waals surface area contributed by atoms with Gasteiger partial charge in [-0.05, 0) is 37.5 Å². The third-order valence-corrected chi connectivity index (χ3v) is 5.82. The summed E-state index contributed by atoms with van der Waals surface area (Å²) in [4.78, 5) is 20.6. The molecule has 5 heteroatoms. The van der Waals surface area contributed by atoms with E-state index in [4.69, 9.17) is 4.74 Å². The molecule has 0 unspecified atom stereocenters. The maximum atomic E-state index is 13.3. The highest BCUT2D eigenvalue weighted by atomic mass is 32.1. The summed E-state index contributed by atoms with van der Waals surface area (Å²) in [7, 11) is 3.57. The molecule has 1 aliphatic carbocycles. The van der Waals surface area contributed by atoms with Crippen molar-refractivity contribution in [1.29, 1.82) is 0 Å². The number of aromatic nitrogens is 1. The maximum absolute atomic E-state index is 13.3. The SMILES string of the molecule is COc1ccc(C2(C(=O)N(C)Cc3cnc(C)s3)CCCC2)cc1. The van der Waals surface area contributed by atoms with Gasteiger partial charge in [0.15, 0.2) is 0 Å². The fraction of sp³-hybridized carbons (Fsp3) is 0.474. The van der Waals surface area contributed by atoms with E-state index in [0.29, 0.717) is 6.54 Å². The van der Waals surface area contributed by atoms with Crippen molar-refractivity contribution in [3.63, 3.8) is 0 Å². The summed E-state index contributed by atoms with van der Waals surface area (Å²) < 4.78 is 5.25. The molecule has 0 atom stereocenters. The van der Waals surface area contributed by atoms with E-state index >= 15 is 0 Å². The average molecular weight is 344 g/mol. The monoisotopic (exact) mass is 344 g/mol. The van der Waals surface area contributed by atoms with Crippen LogP contribution in [0.2, 0.25) is 0 Å². The first-order valence-corrected chi connectivity index (χ1v) is 9.18. The third kappa shape index (κ3) is 3.18. The number of rotatable bonds is 5. The van der Waals surface area contributed by atoms with Gasteiger partial charge in [0.1, 0.15) is 5.75 Å². The van der Waals surface area contributed by atoms with E-state index in [2.05, 4.69) is 4.98 Å². The Labute approximate surface area is 147 Å². The molecule has 1 amide bonds. The molecule has 0 N–H and O–H groups in total. The summed E-state index contributed by atoms with van der Waals surface area (Å²) in [6.07, 6.45) is 5.92. The van der Waals surface area contributed by atoms with Crippen LogP contribution in [-0.4, -0.2) is 29.9 Å². The molecule has 0 saturated heterocycles. The highest BCUT2D eigenvalue weighted by Crippen LogP contribution is 2.43. The van der Waals surface area contributed by atoms with Crippen molar-refractivity contribution in [3.05, 3.63) is 45.9 Å². The molecule has 1 fully saturated rings. The zero-order valence-electron chi connectivity index (χ0n) is 14.5. The topological polar surface area (TPSA) is 42.4 Å². The molecule has 0 bridgehead atoms. The first-order valence-electron chi connectivity index (χ1n) is 8.36. The smallest absolute Gasteiger partial charge is 0.233 e. The lowest BCUT2D eigenvalue weighted by Gasteiger charge is -2.33. The molecule has 1 aliphatic rings. The van der Waals surface area contributed by atoms with Gasteiger partial charge in [0.25, 0.3) is 0 Å². The van der Waals surface area contributed by atoms with Gasteiger partial charge in [-0.2, -0.15) is 0 Å². The number of nitrogens with zero attached hydrogens (tertiary/aromatic N) is 2. The van der Waals surface area contributed by atoms with Gasteiger partial charge in [-0.15, -0.1) is 11.3 Å². The van der Waals surface area contributed by atoms with Crippen LogP contribution < -0.4 is 4.74 Å². The highest BCUT2D eigenvalue weighted by Gasteiger charge is 2.44. The molecule has 1 aromatic heterocycles. The van der Waals surface area contributed by atoms with Gasteiger partial charge >= 0.3 is 0 Å². The van der Waals surface area contributed by atoms with Crippen LogP contribution in [0.15, 0.2) is 30.5 Å². The summed E-state index contributed by atoms with van der Waals surface area (Å²) in [5.74, 6) is 1.05. The second kappa shape index (κ2) is 6.93. The normalized spacial score (nSPS) is 16.1. The predicted molar refractivity (Wildman–Crippen MR) is 96.5 cm³/mol. The number of methoxy groups -OCH3 is 1. The molecule has 4 nitrogen and oxygen atoms in total. The Bertz CT molecular complexity index is 702. The molecule has 2 aromatic rings. The molecule has 3 rings (SSSR count). The zero-order chi connectivity index (χ0) is 17.2. The minimum atomic E-state index is -0.388. The van der Waals surface area contributed by atoms with Gasteiger partial charge in [0.05, 0.1) is 24.1 Å². The fourth-order valence-electron chi connectivity index (χ4n) is 3.66. The van der Waals surface area contributed by atoms with Crippen molar-refractivity contribution in [1.82, 2.24) is 9.88 Å². The van der Waals surface area contributed by atoms with E-state index in [9.17, 15) is 4.79 Å². The number of likely N-dealkylation sites (N-methyl/N-ethyl adjacent to an activating group) is 1. The quantitative estimate of drug-likeness (QED) is 0.825. The van der Waals surface area contributed by atoms with Crippen LogP contribution in [0.4, 0.5) is 0 Å². The number of carbonyl (C=O) groups excluding carboxylic acids is 1. The minimum absolute atomic E-state index is 0.219. The van der Waals surface area contributed by atoms with Crippen LogP contribution in [0.1, 0.15) is 41.1 Å². The number of carbonyl (C=O) groups is 1. The van der Waals surface area contributed by atoms with Crippen molar-refractivity contribution in [2.45, 2.75) is 44.6 Å². The Balaban J connectivity index is 1.84. The summed E-state index contributed by atoms with van der Waals surface area (Å²) in [6.45, 7) is 2.62. The Kier molecular flexibility index (Phi) is 4.90. The van der Waals surface area contributed by atoms with Crippen molar-refractivity contribution < 1.29 is 9.53 Å². The lowest BCUT2D eigenvalue weighted by molar-refractivity contribution is -0.136. The first kappa shape index (κ1) is 17.0. The largest absolute Gasteiger partial charge is 0.497 e. The van der Waals surface area contributed by atoms with Crippen LogP contribution in [0, 0.1) is 6.92 Å². The van der Waals surface area contributed by atoms with Gasteiger partial charge in [-0.25, -0.2) is 4.98 Å². The number of benzene rings is 1. The Hall–Kier alpha value is -1.88. The predicted octanol–water partition coefficient (Wildman–Crippen LogP) is 3.93. The van der Waals surface area contributed by atoms with Gasteiger partial charge < -0.3 is 9.64 Å². The summed E-state index contributed by atoms with van der Waals surface area (Å²) in [5, 5.41) is 1.04.